The third-order valence-corrected chi connectivity index (χ3v) is 6.00. The molecule has 1 fully saturated rings. The zero-order valence-corrected chi connectivity index (χ0v) is 17.9. The highest BCUT2D eigenvalue weighted by molar-refractivity contribution is 8.15. The smallest absolute Gasteiger partial charge is 0.338 e. The van der Waals surface area contributed by atoms with Crippen LogP contribution >= 0.6 is 11.8 Å². The minimum Gasteiger partial charge on any atom is -0.478 e. The van der Waals surface area contributed by atoms with Crippen LogP contribution in [0, 0.1) is 0 Å². The number of carbonyl (C=O) groups is 4. The number of carboxylic acids is 1. The maximum absolute atomic E-state index is 12.7. The lowest BCUT2D eigenvalue weighted by Crippen LogP contribution is -2.60. The maximum atomic E-state index is 12.7. The van der Waals surface area contributed by atoms with E-state index < -0.39 is 23.0 Å². The Morgan fingerprint density at radius 3 is 2.56 bits per heavy atom. The molecule has 3 amide bonds. The van der Waals surface area contributed by atoms with Crippen molar-refractivity contribution in [2.24, 2.45) is 0 Å². The van der Waals surface area contributed by atoms with E-state index in [-0.39, 0.29) is 28.0 Å². The summed E-state index contributed by atoms with van der Waals surface area (Å²) in [7, 11) is 0. The quantitative estimate of drug-likeness (QED) is 0.580. The Hall–Kier alpha value is -3.53. The summed E-state index contributed by atoms with van der Waals surface area (Å²) >= 11 is 0.969. The first kappa shape index (κ1) is 21.7. The summed E-state index contributed by atoms with van der Waals surface area (Å²) in [6.45, 7) is 1.92. The van der Waals surface area contributed by atoms with Gasteiger partial charge in [-0.05, 0) is 48.7 Å². The fraction of sp³-hybridized carbons (Fsp3) is 0.273. The number of carboxylic acid groups (broad SMARTS) is 1. The zero-order valence-electron chi connectivity index (χ0n) is 17.0. The molecule has 166 valence electrons. The van der Waals surface area contributed by atoms with Crippen molar-refractivity contribution in [2.75, 3.05) is 0 Å². The Labute approximate surface area is 187 Å². The lowest BCUT2D eigenvalue weighted by atomic mass is 10.1. The van der Waals surface area contributed by atoms with E-state index in [4.69, 9.17) is 14.6 Å². The Bertz CT molecular complexity index is 1100. The summed E-state index contributed by atoms with van der Waals surface area (Å²) in [5, 5.41) is 13.3. The van der Waals surface area contributed by atoms with Crippen molar-refractivity contribution in [2.45, 2.75) is 37.3 Å². The molecule has 2 aromatic carbocycles. The summed E-state index contributed by atoms with van der Waals surface area (Å²) in [4.78, 5) is 47.0. The molecule has 2 aromatic rings. The van der Waals surface area contributed by atoms with Gasteiger partial charge in [0.1, 0.15) is 11.5 Å². The Balaban J connectivity index is 1.52. The van der Waals surface area contributed by atoms with Gasteiger partial charge in [0.15, 0.2) is 0 Å². The number of imide groups is 1. The molecule has 32 heavy (non-hydrogen) atoms. The molecule has 1 saturated heterocycles. The van der Waals surface area contributed by atoms with Crippen LogP contribution in [0.3, 0.4) is 0 Å². The van der Waals surface area contributed by atoms with Gasteiger partial charge < -0.3 is 14.6 Å². The molecule has 9 nitrogen and oxygen atoms in total. The average Bonchev–Trinajstić information content (AvgIpc) is 3.06. The predicted molar refractivity (Wildman–Crippen MR) is 115 cm³/mol. The summed E-state index contributed by atoms with van der Waals surface area (Å²) < 4.78 is 12.0. The fourth-order valence-electron chi connectivity index (χ4n) is 3.54. The third-order valence-electron chi connectivity index (χ3n) is 5.02. The first-order chi connectivity index (χ1) is 15.3. The van der Waals surface area contributed by atoms with Gasteiger partial charge in [-0.15, -0.1) is 0 Å². The number of hydrogen-bond acceptors (Lipinski definition) is 7. The van der Waals surface area contributed by atoms with Gasteiger partial charge in [-0.2, -0.15) is 0 Å². The Morgan fingerprint density at radius 1 is 1.19 bits per heavy atom. The molecular weight excluding hydrogens is 436 g/mol. The lowest BCUT2D eigenvalue weighted by molar-refractivity contribution is -0.142. The molecule has 2 heterocycles. The second-order valence-electron chi connectivity index (χ2n) is 7.41. The highest BCUT2D eigenvalue weighted by Crippen LogP contribution is 2.33. The van der Waals surface area contributed by atoms with E-state index in [0.717, 1.165) is 17.3 Å². The molecule has 0 radical (unpaired) electrons. The van der Waals surface area contributed by atoms with E-state index >= 15 is 0 Å². The fourth-order valence-corrected chi connectivity index (χ4v) is 4.40. The highest BCUT2D eigenvalue weighted by atomic mass is 32.2. The highest BCUT2D eigenvalue weighted by Gasteiger charge is 2.42. The molecule has 0 saturated carbocycles. The number of amides is 3. The van der Waals surface area contributed by atoms with Crippen molar-refractivity contribution >= 4 is 34.8 Å². The standard InChI is InChI=1S/C22H20N2O7S/c1-2-9-22(24-18(25)15-11-13(20(27)28)5-8-16(15)31-22)30-14-6-3-12(4-7-14)10-17-19(26)23-21(29)32-17/h3-8,11,17H,2,9-10H2,1H3,(H,24,25)(H,27,28)(H,23,26,29). The zero-order chi connectivity index (χ0) is 22.9. The summed E-state index contributed by atoms with van der Waals surface area (Å²) in [5.74, 6) is -2.71. The first-order valence-corrected chi connectivity index (χ1v) is 10.8. The predicted octanol–water partition coefficient (Wildman–Crippen LogP) is 2.93. The monoisotopic (exact) mass is 456 g/mol. The number of thioether (sulfide) groups is 1. The number of benzene rings is 2. The lowest BCUT2D eigenvalue weighted by Gasteiger charge is -2.38. The van der Waals surface area contributed by atoms with Gasteiger partial charge in [0.25, 0.3) is 11.1 Å². The van der Waals surface area contributed by atoms with E-state index in [1.807, 2.05) is 6.92 Å². The van der Waals surface area contributed by atoms with Crippen molar-refractivity contribution in [3.8, 4) is 11.5 Å². The Kier molecular flexibility index (Phi) is 5.79. The third kappa shape index (κ3) is 4.40. The van der Waals surface area contributed by atoms with Gasteiger partial charge in [0, 0.05) is 6.42 Å². The number of rotatable bonds is 7. The van der Waals surface area contributed by atoms with Crippen LogP contribution < -0.4 is 20.1 Å². The number of ether oxygens (including phenoxy) is 2. The normalized spacial score (nSPS) is 21.9. The molecule has 0 spiro atoms. The van der Waals surface area contributed by atoms with Gasteiger partial charge >= 0.3 is 11.9 Å². The molecule has 2 aliphatic rings. The van der Waals surface area contributed by atoms with Crippen LogP contribution in [0.1, 0.15) is 46.0 Å². The van der Waals surface area contributed by atoms with Crippen LogP contribution in [-0.2, 0) is 11.2 Å². The molecule has 2 aliphatic heterocycles. The largest absolute Gasteiger partial charge is 0.478 e. The van der Waals surface area contributed by atoms with Crippen LogP contribution in [-0.4, -0.2) is 39.3 Å². The van der Waals surface area contributed by atoms with Crippen LogP contribution in [0.2, 0.25) is 0 Å². The van der Waals surface area contributed by atoms with Gasteiger partial charge in [-0.25, -0.2) is 4.79 Å². The molecule has 2 unspecified atom stereocenters. The topological polar surface area (TPSA) is 131 Å². The van der Waals surface area contributed by atoms with Crippen LogP contribution in [0.15, 0.2) is 42.5 Å². The summed E-state index contributed by atoms with van der Waals surface area (Å²) in [5.41, 5.74) is 0.958. The van der Waals surface area contributed by atoms with Gasteiger partial charge in [-0.1, -0.05) is 30.8 Å². The van der Waals surface area contributed by atoms with E-state index in [1.54, 1.807) is 24.3 Å². The molecular formula is C22H20N2O7S. The van der Waals surface area contributed by atoms with Crippen molar-refractivity contribution in [3.63, 3.8) is 0 Å². The van der Waals surface area contributed by atoms with Crippen LogP contribution in [0.25, 0.3) is 0 Å². The minimum atomic E-state index is -1.45. The molecule has 4 rings (SSSR count). The number of aromatic carboxylic acids is 1. The Morgan fingerprint density at radius 2 is 1.94 bits per heavy atom. The number of fused-ring (bicyclic) bond motifs is 1. The summed E-state index contributed by atoms with van der Waals surface area (Å²) in [6, 6.07) is 11.0. The van der Waals surface area contributed by atoms with Crippen LogP contribution in [0.4, 0.5) is 4.79 Å². The molecule has 2 atom stereocenters. The molecule has 0 aromatic heterocycles. The number of nitrogens with one attached hydrogen (secondary N) is 2. The van der Waals surface area contributed by atoms with Crippen molar-refractivity contribution in [3.05, 3.63) is 59.2 Å². The molecule has 0 bridgehead atoms. The van der Waals surface area contributed by atoms with Gasteiger partial charge in [-0.3, -0.25) is 25.0 Å². The number of carbonyl (C=O) groups excluding carboxylic acids is 3. The van der Waals surface area contributed by atoms with Gasteiger partial charge in [0.2, 0.25) is 5.91 Å². The van der Waals surface area contributed by atoms with Crippen LogP contribution in [0.5, 0.6) is 11.5 Å². The second-order valence-corrected chi connectivity index (χ2v) is 8.58. The molecule has 3 N–H and O–H groups in total. The van der Waals surface area contributed by atoms with E-state index in [2.05, 4.69) is 10.6 Å². The molecule has 0 aliphatic carbocycles. The minimum absolute atomic E-state index is 0.0159. The van der Waals surface area contributed by atoms with E-state index in [0.29, 0.717) is 25.0 Å². The first-order valence-electron chi connectivity index (χ1n) is 9.97. The number of hydrogen-bond donors (Lipinski definition) is 3. The average molecular weight is 456 g/mol. The van der Waals surface area contributed by atoms with E-state index in [1.165, 1.54) is 18.2 Å². The SMILES string of the molecule is CCCC1(Oc2ccc(CC3SC(=O)NC3=O)cc2)NC(=O)c2cc(C(=O)O)ccc2O1. The maximum Gasteiger partial charge on any atom is 0.338 e. The van der Waals surface area contributed by atoms with Crippen molar-refractivity contribution < 1.29 is 33.8 Å². The van der Waals surface area contributed by atoms with Crippen molar-refractivity contribution in [1.29, 1.82) is 0 Å². The van der Waals surface area contributed by atoms with E-state index in [9.17, 15) is 19.2 Å². The van der Waals surface area contributed by atoms with Gasteiger partial charge in [0.05, 0.1) is 16.4 Å². The molecule has 10 heteroatoms. The van der Waals surface area contributed by atoms with Crippen molar-refractivity contribution in [1.82, 2.24) is 10.6 Å². The summed E-state index contributed by atoms with van der Waals surface area (Å²) in [6.07, 6.45) is 1.39. The second kappa shape index (κ2) is 8.54.